The van der Waals surface area contributed by atoms with E-state index in [-0.39, 0.29) is 36.0 Å². The molecule has 3 rings (SSSR count). The van der Waals surface area contributed by atoms with Gasteiger partial charge in [-0.3, -0.25) is 33.8 Å². The molecule has 3 unspecified atom stereocenters. The van der Waals surface area contributed by atoms with E-state index >= 15 is 0 Å². The van der Waals surface area contributed by atoms with Gasteiger partial charge >= 0.3 is 0 Å². The van der Waals surface area contributed by atoms with Gasteiger partial charge in [0.1, 0.15) is 23.8 Å². The number of amides is 5. The molecule has 0 spiro atoms. The summed E-state index contributed by atoms with van der Waals surface area (Å²) in [7, 11) is 1.72. The molecule has 0 radical (unpaired) electrons. The maximum Gasteiger partial charge on any atom is 0.289 e. The maximum atomic E-state index is 14.2. The summed E-state index contributed by atoms with van der Waals surface area (Å²) in [4.78, 5) is 87.6. The Labute approximate surface area is 286 Å². The zero-order valence-electron chi connectivity index (χ0n) is 29.3. The van der Waals surface area contributed by atoms with Crippen LogP contribution >= 0.6 is 0 Å². The smallest absolute Gasteiger partial charge is 0.289 e. The van der Waals surface area contributed by atoms with Crippen LogP contribution in [0.3, 0.4) is 0 Å². The van der Waals surface area contributed by atoms with E-state index in [1.165, 1.54) is 11.1 Å². The van der Waals surface area contributed by atoms with Gasteiger partial charge in [0.2, 0.25) is 29.9 Å². The Balaban J connectivity index is 1.83. The summed E-state index contributed by atoms with van der Waals surface area (Å²) in [6.07, 6.45) is 1.82. The lowest BCUT2D eigenvalue weighted by molar-refractivity contribution is -0.144. The van der Waals surface area contributed by atoms with Crippen LogP contribution in [0.4, 0.5) is 8.78 Å². The predicted octanol–water partition coefficient (Wildman–Crippen LogP) is 1.69. The normalized spacial score (nSPS) is 22.5. The van der Waals surface area contributed by atoms with Gasteiger partial charge in [-0.05, 0) is 62.9 Å². The number of halogens is 2. The molecule has 0 aromatic rings. The number of carbonyl (C=O) groups is 6. The fourth-order valence-electron chi connectivity index (χ4n) is 6.51. The van der Waals surface area contributed by atoms with Crippen LogP contribution in [0.15, 0.2) is 29.0 Å². The fraction of sp³-hybridized carbons (Fsp3) is 0.676. The third-order valence-electron chi connectivity index (χ3n) is 9.53. The van der Waals surface area contributed by atoms with Crippen LogP contribution in [0, 0.1) is 17.8 Å². The summed E-state index contributed by atoms with van der Waals surface area (Å²) in [6, 6.07) is -5.20. The first-order valence-electron chi connectivity index (χ1n) is 17.0. The van der Waals surface area contributed by atoms with Crippen molar-refractivity contribution in [3.63, 3.8) is 0 Å². The molecule has 15 heteroatoms. The molecule has 13 nitrogen and oxygen atoms in total. The van der Waals surface area contributed by atoms with E-state index in [1.54, 1.807) is 52.8 Å². The van der Waals surface area contributed by atoms with Crippen LogP contribution in [0.5, 0.6) is 0 Å². The summed E-state index contributed by atoms with van der Waals surface area (Å²) in [5, 5.41) is 10.5. The van der Waals surface area contributed by atoms with Crippen molar-refractivity contribution in [1.82, 2.24) is 31.1 Å². The van der Waals surface area contributed by atoms with Crippen molar-refractivity contribution in [3.8, 4) is 0 Å². The van der Waals surface area contributed by atoms with Gasteiger partial charge in [0, 0.05) is 32.3 Å². The lowest BCUT2D eigenvalue weighted by Gasteiger charge is -2.33. The van der Waals surface area contributed by atoms with Crippen LogP contribution < -0.4 is 21.3 Å². The molecule has 2 fully saturated rings. The highest BCUT2D eigenvalue weighted by Gasteiger charge is 2.51. The highest BCUT2D eigenvalue weighted by atomic mass is 19.3. The molecule has 1 saturated heterocycles. The van der Waals surface area contributed by atoms with Gasteiger partial charge in [-0.15, -0.1) is 0 Å². The number of aliphatic imine (C=N–C) groups is 1. The quantitative estimate of drug-likeness (QED) is 0.141. The van der Waals surface area contributed by atoms with Crippen LogP contribution in [-0.4, -0.2) is 108 Å². The van der Waals surface area contributed by atoms with Gasteiger partial charge < -0.3 is 31.1 Å². The van der Waals surface area contributed by atoms with E-state index in [1.807, 2.05) is 0 Å². The van der Waals surface area contributed by atoms with Gasteiger partial charge in [-0.25, -0.2) is 8.78 Å². The molecule has 1 aliphatic carbocycles. The maximum absolute atomic E-state index is 14.2. The number of alkyl halides is 2. The second-order valence-electron chi connectivity index (χ2n) is 13.7. The average molecular weight is 692 g/mol. The van der Waals surface area contributed by atoms with Crippen molar-refractivity contribution < 1.29 is 37.5 Å². The summed E-state index contributed by atoms with van der Waals surface area (Å²) in [5.41, 5.74) is 0.563. The number of Topliss-reactive ketones (excluding diaryl/α,β-unsaturated/α-hetero) is 1. The minimum absolute atomic E-state index is 0.0313. The van der Waals surface area contributed by atoms with Crippen LogP contribution in [0.1, 0.15) is 73.1 Å². The Morgan fingerprint density at radius 2 is 1.71 bits per heavy atom. The lowest BCUT2D eigenvalue weighted by atomic mass is 9.92. The van der Waals surface area contributed by atoms with E-state index in [0.717, 1.165) is 12.8 Å². The number of hydrogen-bond donors (Lipinski definition) is 4. The molecule has 272 valence electrons. The Bertz CT molecular complexity index is 1350. The second kappa shape index (κ2) is 17.5. The van der Waals surface area contributed by atoms with E-state index < -0.39 is 78.8 Å². The SMILES string of the molecule is C=C(C)C(NC(=O)C(NC(=O)C1=CN=CCN1C)C(C)C)C(=O)N1C[C@@H]2CCC[C@@H]2[C@H]1C(=O)NC(CCC(F)F)C(=O)C(=O)N[C@@H](C)CC. The third kappa shape index (κ3) is 9.94. The lowest BCUT2D eigenvalue weighted by Crippen LogP contribution is -2.59. The topological polar surface area (TPSA) is 169 Å². The van der Waals surface area contributed by atoms with E-state index in [4.69, 9.17) is 0 Å². The van der Waals surface area contributed by atoms with Gasteiger partial charge in [0.25, 0.3) is 11.8 Å². The number of carbonyl (C=O) groups excluding carboxylic acids is 6. The first kappa shape index (κ1) is 39.3. The molecule has 0 bridgehead atoms. The number of fused-ring (bicyclic) bond motifs is 1. The predicted molar refractivity (Wildman–Crippen MR) is 179 cm³/mol. The van der Waals surface area contributed by atoms with E-state index in [2.05, 4.69) is 32.8 Å². The minimum atomic E-state index is -2.76. The van der Waals surface area contributed by atoms with Crippen molar-refractivity contribution in [1.29, 1.82) is 0 Å². The Morgan fingerprint density at radius 3 is 2.31 bits per heavy atom. The summed E-state index contributed by atoms with van der Waals surface area (Å²) in [5.74, 6) is -5.15. The van der Waals surface area contributed by atoms with Gasteiger partial charge in [-0.2, -0.15) is 0 Å². The van der Waals surface area contributed by atoms with E-state index in [0.29, 0.717) is 25.0 Å². The number of rotatable bonds is 16. The molecule has 7 atom stereocenters. The zero-order valence-corrected chi connectivity index (χ0v) is 29.3. The molecule has 49 heavy (non-hydrogen) atoms. The number of likely N-dealkylation sites (tertiary alicyclic amines) is 1. The highest BCUT2D eigenvalue weighted by molar-refractivity contribution is 6.38. The molecular formula is C34H51F2N7O6. The van der Waals surface area contributed by atoms with Crippen LogP contribution in [0.2, 0.25) is 0 Å². The van der Waals surface area contributed by atoms with Crippen LogP contribution in [0.25, 0.3) is 0 Å². The summed E-state index contributed by atoms with van der Waals surface area (Å²) >= 11 is 0. The summed E-state index contributed by atoms with van der Waals surface area (Å²) in [6.45, 7) is 13.1. The molecule has 5 amide bonds. The van der Waals surface area contributed by atoms with Crippen molar-refractivity contribution >= 4 is 41.5 Å². The molecular weight excluding hydrogens is 640 g/mol. The van der Waals surface area contributed by atoms with E-state index in [9.17, 15) is 37.5 Å². The standard InChI is InChI=1S/C34H51F2N7O6/c1-8-20(6)38-33(48)29(44)23(12-13-25(35)36)39-32(47)28-22-11-9-10-21(22)17-43(28)34(49)27(19(4)5)41-31(46)26(18(2)3)40-30(45)24-16-37-14-15-42(24)7/h14,16,18,20-23,25-28H,4,8-13,15,17H2,1-3,5-7H3,(H,38,48)(H,39,47)(H,40,45)(H,41,46)/t20-,21-,22-,23?,26?,27?,28-/m0/s1. The molecule has 3 aliphatic rings. The Kier molecular flexibility index (Phi) is 14.0. The highest BCUT2D eigenvalue weighted by Crippen LogP contribution is 2.42. The zero-order chi connectivity index (χ0) is 36.6. The van der Waals surface area contributed by atoms with Crippen LogP contribution in [-0.2, 0) is 28.8 Å². The van der Waals surface area contributed by atoms with Crippen molar-refractivity contribution in [2.45, 2.75) is 110 Å². The molecule has 0 aromatic heterocycles. The first-order chi connectivity index (χ1) is 23.1. The average Bonchev–Trinajstić information content (AvgIpc) is 3.65. The Morgan fingerprint density at radius 1 is 1.02 bits per heavy atom. The number of hydrogen-bond acceptors (Lipinski definition) is 8. The minimum Gasteiger partial charge on any atom is -0.364 e. The fourth-order valence-corrected chi connectivity index (χ4v) is 6.51. The molecule has 2 aliphatic heterocycles. The Hall–Kier alpha value is -4.17. The van der Waals surface area contributed by atoms with Crippen molar-refractivity contribution in [2.75, 3.05) is 20.1 Å². The van der Waals surface area contributed by atoms with Crippen molar-refractivity contribution in [3.05, 3.63) is 24.0 Å². The second-order valence-corrected chi connectivity index (χ2v) is 13.7. The van der Waals surface area contributed by atoms with Crippen molar-refractivity contribution in [2.24, 2.45) is 22.7 Å². The number of nitrogens with one attached hydrogen (secondary N) is 4. The first-order valence-corrected chi connectivity index (χ1v) is 17.0. The number of ketones is 1. The monoisotopic (exact) mass is 691 g/mol. The van der Waals surface area contributed by atoms with Gasteiger partial charge in [-0.1, -0.05) is 33.8 Å². The molecule has 0 aromatic carbocycles. The number of nitrogens with zero attached hydrogens (tertiary/aromatic N) is 3. The number of likely N-dealkylation sites (N-methyl/N-ethyl adjacent to an activating group) is 1. The molecule has 4 N–H and O–H groups in total. The summed E-state index contributed by atoms with van der Waals surface area (Å²) < 4.78 is 26.4. The largest absolute Gasteiger partial charge is 0.364 e. The third-order valence-corrected chi connectivity index (χ3v) is 9.53. The van der Waals surface area contributed by atoms with Gasteiger partial charge in [0.15, 0.2) is 0 Å². The molecule has 1 saturated carbocycles. The van der Waals surface area contributed by atoms with Gasteiger partial charge in [0.05, 0.1) is 18.8 Å². The molecule has 2 heterocycles.